The molecule has 8 heteroatoms. The zero-order valence-electron chi connectivity index (χ0n) is 10.9. The van der Waals surface area contributed by atoms with Gasteiger partial charge in [0.15, 0.2) is 5.82 Å². The summed E-state index contributed by atoms with van der Waals surface area (Å²) >= 11 is 0. The number of carbonyl (C=O) groups excluding carboxylic acids is 2. The smallest absolute Gasteiger partial charge is 0.300 e. The van der Waals surface area contributed by atoms with Crippen LogP contribution in [-0.2, 0) is 17.8 Å². The Hall–Kier alpha value is -2.64. The second-order valence-electron chi connectivity index (χ2n) is 4.43. The summed E-state index contributed by atoms with van der Waals surface area (Å²) in [5, 5.41) is 3.63. The van der Waals surface area contributed by atoms with Crippen LogP contribution >= 0.6 is 0 Å². The van der Waals surface area contributed by atoms with Gasteiger partial charge < -0.3 is 4.52 Å². The average Bonchev–Trinajstić information content (AvgIpc) is 3.02. The Morgan fingerprint density at radius 1 is 1.24 bits per heavy atom. The van der Waals surface area contributed by atoms with Gasteiger partial charge in [0.05, 0.1) is 17.8 Å². The molecule has 1 amide bonds. The molecular formula is C13H9F2N3O3. The van der Waals surface area contributed by atoms with Crippen molar-refractivity contribution in [3.05, 3.63) is 41.0 Å². The number of aromatic nitrogens is 2. The molecule has 2 heterocycles. The molecule has 0 atom stereocenters. The van der Waals surface area contributed by atoms with Crippen LogP contribution in [0, 0.1) is 11.6 Å². The number of amides is 1. The number of hydrogen-bond acceptors (Lipinski definition) is 5. The molecule has 21 heavy (non-hydrogen) atoms. The van der Waals surface area contributed by atoms with E-state index in [9.17, 15) is 18.4 Å². The van der Waals surface area contributed by atoms with Crippen LogP contribution in [0.3, 0.4) is 0 Å². The molecule has 0 saturated carbocycles. The lowest BCUT2D eigenvalue weighted by Crippen LogP contribution is -2.30. The predicted octanol–water partition coefficient (Wildman–Crippen LogP) is 1.64. The normalized spacial score (nSPS) is 14.0. The molecule has 0 N–H and O–H groups in total. The largest absolute Gasteiger partial charge is 0.339 e. The maximum absolute atomic E-state index is 13.9. The zero-order valence-corrected chi connectivity index (χ0v) is 10.9. The fraction of sp³-hybridized carbons (Fsp3) is 0.231. The zero-order chi connectivity index (χ0) is 15.1. The molecule has 0 spiro atoms. The average molecular weight is 293 g/mol. The quantitative estimate of drug-likeness (QED) is 0.804. The summed E-state index contributed by atoms with van der Waals surface area (Å²) in [6.45, 7) is 1.54. The monoisotopic (exact) mass is 293 g/mol. The van der Waals surface area contributed by atoms with Crippen molar-refractivity contribution in [2.24, 2.45) is 0 Å². The summed E-state index contributed by atoms with van der Waals surface area (Å²) in [6.07, 6.45) is 0.499. The molecule has 6 nitrogen and oxygen atoms in total. The van der Waals surface area contributed by atoms with Crippen molar-refractivity contribution in [1.29, 1.82) is 0 Å². The summed E-state index contributed by atoms with van der Waals surface area (Å²) in [5.74, 6) is -3.43. The highest BCUT2D eigenvalue weighted by Crippen LogP contribution is 2.34. The Kier molecular flexibility index (Phi) is 3.00. The van der Waals surface area contributed by atoms with Crippen molar-refractivity contribution >= 4 is 17.4 Å². The van der Waals surface area contributed by atoms with Crippen molar-refractivity contribution in [1.82, 2.24) is 10.1 Å². The SMILES string of the molecule is CCc1nc(CN2C(=O)C(=O)c3c(F)ccc(F)c32)no1. The number of fused-ring (bicyclic) bond motifs is 1. The Balaban J connectivity index is 2.03. The van der Waals surface area contributed by atoms with Crippen molar-refractivity contribution in [2.45, 2.75) is 19.9 Å². The van der Waals surface area contributed by atoms with Gasteiger partial charge in [0, 0.05) is 6.42 Å². The van der Waals surface area contributed by atoms with Gasteiger partial charge in [-0.3, -0.25) is 14.5 Å². The van der Waals surface area contributed by atoms with E-state index in [1.807, 2.05) is 0 Å². The second-order valence-corrected chi connectivity index (χ2v) is 4.43. The molecule has 108 valence electrons. The number of Topliss-reactive ketones (excluding diaryl/α,β-unsaturated/α-hetero) is 1. The lowest BCUT2D eigenvalue weighted by molar-refractivity contribution is -0.114. The molecule has 1 aliphatic rings. The van der Waals surface area contributed by atoms with Crippen molar-refractivity contribution in [3.8, 4) is 0 Å². The van der Waals surface area contributed by atoms with E-state index in [0.29, 0.717) is 12.3 Å². The standard InChI is InChI=1S/C13H9F2N3O3/c1-2-9-16-8(17-21-9)5-18-11-7(15)4-3-6(14)10(11)12(19)13(18)20/h3-4H,2,5H2,1H3. The van der Waals surface area contributed by atoms with Gasteiger partial charge in [0.1, 0.15) is 11.6 Å². The molecule has 0 aliphatic carbocycles. The van der Waals surface area contributed by atoms with Gasteiger partial charge in [-0.25, -0.2) is 8.78 Å². The van der Waals surface area contributed by atoms with Gasteiger partial charge in [0.2, 0.25) is 5.89 Å². The Morgan fingerprint density at radius 2 is 1.95 bits per heavy atom. The van der Waals surface area contributed by atoms with Crippen molar-refractivity contribution < 1.29 is 22.9 Å². The van der Waals surface area contributed by atoms with E-state index in [2.05, 4.69) is 10.1 Å². The molecule has 3 rings (SSSR count). The minimum absolute atomic E-state index is 0.115. The Bertz CT molecular complexity index is 757. The van der Waals surface area contributed by atoms with Crippen LogP contribution in [-0.4, -0.2) is 21.8 Å². The molecule has 0 radical (unpaired) electrons. The predicted molar refractivity (Wildman–Crippen MR) is 65.6 cm³/mol. The summed E-state index contributed by atoms with van der Waals surface area (Å²) in [4.78, 5) is 28.5. The maximum Gasteiger partial charge on any atom is 0.300 e. The van der Waals surface area contributed by atoms with E-state index >= 15 is 0 Å². The molecule has 0 unspecified atom stereocenters. The molecule has 2 aromatic rings. The lowest BCUT2D eigenvalue weighted by Gasteiger charge is -2.14. The number of rotatable bonds is 3. The topological polar surface area (TPSA) is 76.3 Å². The number of carbonyl (C=O) groups is 2. The second kappa shape index (κ2) is 4.72. The van der Waals surface area contributed by atoms with Crippen LogP contribution in [0.2, 0.25) is 0 Å². The summed E-state index contributed by atoms with van der Waals surface area (Å²) in [7, 11) is 0. The highest BCUT2D eigenvalue weighted by Gasteiger charge is 2.41. The van der Waals surface area contributed by atoms with Gasteiger partial charge in [-0.05, 0) is 12.1 Å². The molecule has 0 fully saturated rings. The maximum atomic E-state index is 13.9. The first kappa shape index (κ1) is 13.3. The number of nitrogens with zero attached hydrogens (tertiary/aromatic N) is 3. The highest BCUT2D eigenvalue weighted by atomic mass is 19.1. The van der Waals surface area contributed by atoms with Crippen molar-refractivity contribution in [2.75, 3.05) is 4.90 Å². The number of halogens is 2. The lowest BCUT2D eigenvalue weighted by atomic mass is 10.1. The third-order valence-electron chi connectivity index (χ3n) is 3.13. The van der Waals surface area contributed by atoms with E-state index in [1.165, 1.54) is 0 Å². The minimum Gasteiger partial charge on any atom is -0.339 e. The van der Waals surface area contributed by atoms with Crippen LogP contribution in [0.15, 0.2) is 16.7 Å². The van der Waals surface area contributed by atoms with Gasteiger partial charge in [0.25, 0.3) is 11.7 Å². The van der Waals surface area contributed by atoms with Gasteiger partial charge >= 0.3 is 0 Å². The fourth-order valence-corrected chi connectivity index (χ4v) is 2.14. The third kappa shape index (κ3) is 1.99. The van der Waals surface area contributed by atoms with Crippen LogP contribution in [0.5, 0.6) is 0 Å². The number of aryl methyl sites for hydroxylation is 1. The van der Waals surface area contributed by atoms with E-state index in [1.54, 1.807) is 6.92 Å². The van der Waals surface area contributed by atoms with Gasteiger partial charge in [-0.1, -0.05) is 12.1 Å². The molecule has 1 aromatic heterocycles. The van der Waals surface area contributed by atoms with Crippen LogP contribution in [0.1, 0.15) is 29.0 Å². The van der Waals surface area contributed by atoms with Crippen LogP contribution < -0.4 is 4.90 Å². The number of benzene rings is 1. The first-order valence-electron chi connectivity index (χ1n) is 6.18. The molecular weight excluding hydrogens is 284 g/mol. The summed E-state index contributed by atoms with van der Waals surface area (Å²) in [6, 6.07) is 1.67. The number of anilines is 1. The van der Waals surface area contributed by atoms with E-state index in [4.69, 9.17) is 4.52 Å². The number of ketones is 1. The minimum atomic E-state index is -1.08. The first-order chi connectivity index (χ1) is 10.0. The highest BCUT2D eigenvalue weighted by molar-refractivity contribution is 6.52. The Morgan fingerprint density at radius 3 is 2.62 bits per heavy atom. The summed E-state index contributed by atoms with van der Waals surface area (Å²) in [5.41, 5.74) is -0.938. The summed E-state index contributed by atoms with van der Waals surface area (Å²) < 4.78 is 32.4. The van der Waals surface area contributed by atoms with Gasteiger partial charge in [-0.2, -0.15) is 4.98 Å². The molecule has 1 aromatic carbocycles. The third-order valence-corrected chi connectivity index (χ3v) is 3.13. The fourth-order valence-electron chi connectivity index (χ4n) is 2.14. The number of hydrogen-bond donors (Lipinski definition) is 0. The molecule has 1 aliphatic heterocycles. The van der Waals surface area contributed by atoms with Crippen LogP contribution in [0.4, 0.5) is 14.5 Å². The van der Waals surface area contributed by atoms with E-state index in [0.717, 1.165) is 17.0 Å². The van der Waals surface area contributed by atoms with E-state index < -0.39 is 28.9 Å². The van der Waals surface area contributed by atoms with E-state index in [-0.39, 0.29) is 18.1 Å². The van der Waals surface area contributed by atoms with Crippen LogP contribution in [0.25, 0.3) is 0 Å². The van der Waals surface area contributed by atoms with Gasteiger partial charge in [-0.15, -0.1) is 0 Å². The Labute approximate surface area is 117 Å². The molecule has 0 bridgehead atoms. The molecule has 0 saturated heterocycles. The van der Waals surface area contributed by atoms with Crippen molar-refractivity contribution in [3.63, 3.8) is 0 Å². The first-order valence-corrected chi connectivity index (χ1v) is 6.18.